The quantitative estimate of drug-likeness (QED) is 0.788. The highest BCUT2D eigenvalue weighted by molar-refractivity contribution is 7.17. The van der Waals surface area contributed by atoms with Crippen LogP contribution >= 0.6 is 11.3 Å². The van der Waals surface area contributed by atoms with Crippen LogP contribution in [0.15, 0.2) is 24.4 Å². The van der Waals surface area contributed by atoms with Gasteiger partial charge < -0.3 is 9.67 Å². The van der Waals surface area contributed by atoms with E-state index in [1.807, 2.05) is 29.8 Å². The molecule has 0 amide bonds. The van der Waals surface area contributed by atoms with Gasteiger partial charge in [-0.05, 0) is 25.1 Å². The topological polar surface area (TPSA) is 78.9 Å². The molecular weight excluding hydrogens is 286 g/mol. The van der Waals surface area contributed by atoms with Gasteiger partial charge in [0.1, 0.15) is 16.0 Å². The van der Waals surface area contributed by atoms with Gasteiger partial charge in [-0.15, -0.1) is 11.3 Å². The highest BCUT2D eigenvalue weighted by Crippen LogP contribution is 2.31. The summed E-state index contributed by atoms with van der Waals surface area (Å²) in [6, 6.07) is 7.87. The van der Waals surface area contributed by atoms with Crippen molar-refractivity contribution in [1.29, 1.82) is 5.26 Å². The molecule has 21 heavy (non-hydrogen) atoms. The number of thiazole rings is 1. The van der Waals surface area contributed by atoms with Crippen molar-refractivity contribution in [3.8, 4) is 16.6 Å². The van der Waals surface area contributed by atoms with E-state index in [1.165, 1.54) is 0 Å². The summed E-state index contributed by atoms with van der Waals surface area (Å²) >= 11 is 1.15. The third kappa shape index (κ3) is 2.08. The Morgan fingerprint density at radius 1 is 1.48 bits per heavy atom. The Hall–Kier alpha value is -2.65. The van der Waals surface area contributed by atoms with E-state index in [1.54, 1.807) is 13.1 Å². The molecule has 1 N–H and O–H groups in total. The summed E-state index contributed by atoms with van der Waals surface area (Å²) in [7, 11) is 1.89. The molecule has 0 aliphatic rings. The molecule has 3 rings (SSSR count). The van der Waals surface area contributed by atoms with E-state index in [0.29, 0.717) is 16.3 Å². The molecule has 0 saturated heterocycles. The van der Waals surface area contributed by atoms with Crippen LogP contribution in [0.1, 0.15) is 20.9 Å². The minimum atomic E-state index is -0.963. The Bertz CT molecular complexity index is 915. The largest absolute Gasteiger partial charge is 0.477 e. The van der Waals surface area contributed by atoms with E-state index >= 15 is 0 Å². The van der Waals surface area contributed by atoms with Crippen LogP contribution in [0.4, 0.5) is 0 Å². The van der Waals surface area contributed by atoms with E-state index in [4.69, 9.17) is 5.11 Å². The Labute approximate surface area is 124 Å². The molecule has 2 aromatic heterocycles. The third-order valence-electron chi connectivity index (χ3n) is 3.35. The van der Waals surface area contributed by atoms with Gasteiger partial charge in [-0.25, -0.2) is 9.78 Å². The van der Waals surface area contributed by atoms with Crippen molar-refractivity contribution in [3.63, 3.8) is 0 Å². The van der Waals surface area contributed by atoms with Crippen molar-refractivity contribution in [3.05, 3.63) is 40.5 Å². The van der Waals surface area contributed by atoms with Gasteiger partial charge in [0.25, 0.3) is 0 Å². The van der Waals surface area contributed by atoms with Gasteiger partial charge >= 0.3 is 5.97 Å². The van der Waals surface area contributed by atoms with Crippen molar-refractivity contribution in [2.24, 2.45) is 7.05 Å². The number of aromatic nitrogens is 2. The number of benzene rings is 1. The molecule has 6 heteroatoms. The second kappa shape index (κ2) is 4.72. The first-order valence-corrected chi connectivity index (χ1v) is 7.03. The van der Waals surface area contributed by atoms with Gasteiger partial charge in [-0.3, -0.25) is 0 Å². The summed E-state index contributed by atoms with van der Waals surface area (Å²) in [5, 5.41) is 19.8. The number of nitriles is 1. The molecule has 0 aliphatic carbocycles. The molecular formula is C15H11N3O2S. The lowest BCUT2D eigenvalue weighted by atomic mass is 10.1. The lowest BCUT2D eigenvalue weighted by molar-refractivity contribution is 0.0701. The number of aryl methyl sites for hydroxylation is 2. The highest BCUT2D eigenvalue weighted by Gasteiger charge is 2.16. The van der Waals surface area contributed by atoms with Crippen LogP contribution in [0.5, 0.6) is 0 Å². The number of rotatable bonds is 2. The molecule has 0 unspecified atom stereocenters. The number of hydrogen-bond acceptors (Lipinski definition) is 4. The molecule has 0 radical (unpaired) electrons. The monoisotopic (exact) mass is 297 g/mol. The van der Waals surface area contributed by atoms with Crippen molar-refractivity contribution in [1.82, 2.24) is 9.55 Å². The average molecular weight is 297 g/mol. The third-order valence-corrected chi connectivity index (χ3v) is 4.54. The number of hydrogen-bond donors (Lipinski definition) is 1. The fourth-order valence-electron chi connectivity index (χ4n) is 2.33. The van der Waals surface area contributed by atoms with Crippen LogP contribution in [0, 0.1) is 18.3 Å². The lowest BCUT2D eigenvalue weighted by Crippen LogP contribution is -1.94. The molecule has 0 atom stereocenters. The molecule has 5 nitrogen and oxygen atoms in total. The number of fused-ring (bicyclic) bond motifs is 1. The summed E-state index contributed by atoms with van der Waals surface area (Å²) in [4.78, 5) is 15.7. The second-order valence-electron chi connectivity index (χ2n) is 4.74. The van der Waals surface area contributed by atoms with E-state index < -0.39 is 5.97 Å². The maximum atomic E-state index is 11.1. The molecule has 3 aromatic rings. The van der Waals surface area contributed by atoms with Crippen LogP contribution in [-0.2, 0) is 7.05 Å². The Morgan fingerprint density at radius 2 is 2.24 bits per heavy atom. The van der Waals surface area contributed by atoms with Crippen LogP contribution in [0.3, 0.4) is 0 Å². The number of carbonyl (C=O) groups is 1. The Morgan fingerprint density at radius 3 is 2.86 bits per heavy atom. The summed E-state index contributed by atoms with van der Waals surface area (Å²) in [5.41, 5.74) is 2.89. The minimum Gasteiger partial charge on any atom is -0.477 e. The molecule has 0 saturated carbocycles. The first-order chi connectivity index (χ1) is 10.0. The molecule has 0 spiro atoms. The van der Waals surface area contributed by atoms with Gasteiger partial charge in [0, 0.05) is 29.7 Å². The van der Waals surface area contributed by atoms with Crippen LogP contribution in [0.2, 0.25) is 0 Å². The average Bonchev–Trinajstić information content (AvgIpc) is 2.99. The lowest BCUT2D eigenvalue weighted by Gasteiger charge is -1.99. The molecule has 1 aromatic carbocycles. The van der Waals surface area contributed by atoms with Gasteiger partial charge in [-0.1, -0.05) is 0 Å². The normalized spacial score (nSPS) is 10.7. The number of nitrogens with zero attached hydrogens (tertiary/aromatic N) is 3. The van der Waals surface area contributed by atoms with Crippen LogP contribution in [0.25, 0.3) is 21.5 Å². The van der Waals surface area contributed by atoms with Crippen molar-refractivity contribution in [2.45, 2.75) is 6.92 Å². The van der Waals surface area contributed by atoms with Crippen LogP contribution in [-0.4, -0.2) is 20.6 Å². The summed E-state index contributed by atoms with van der Waals surface area (Å²) in [6.45, 7) is 1.69. The predicted molar refractivity (Wildman–Crippen MR) is 80.4 cm³/mol. The second-order valence-corrected chi connectivity index (χ2v) is 5.74. The molecule has 0 fully saturated rings. The van der Waals surface area contributed by atoms with Gasteiger partial charge in [0.2, 0.25) is 0 Å². The smallest absolute Gasteiger partial charge is 0.347 e. The Balaban J connectivity index is 2.20. The maximum Gasteiger partial charge on any atom is 0.347 e. The highest BCUT2D eigenvalue weighted by atomic mass is 32.1. The predicted octanol–water partition coefficient (Wildman–Crippen LogP) is 3.18. The zero-order valence-corrected chi connectivity index (χ0v) is 12.2. The maximum absolute atomic E-state index is 11.1. The molecule has 104 valence electrons. The van der Waals surface area contributed by atoms with Crippen LogP contribution < -0.4 is 0 Å². The van der Waals surface area contributed by atoms with Gasteiger partial charge in [-0.2, -0.15) is 5.26 Å². The fourth-order valence-corrected chi connectivity index (χ4v) is 3.23. The fraction of sp³-hybridized carbons (Fsp3) is 0.133. The van der Waals surface area contributed by atoms with Gasteiger partial charge in [0.15, 0.2) is 0 Å². The molecule has 0 bridgehead atoms. The van der Waals surface area contributed by atoms with Crippen molar-refractivity contribution < 1.29 is 9.90 Å². The standard InChI is InChI=1S/C15H11N3O2S/c1-8-13(15(19)20)21-14(17-8)9-3-4-12-11(5-9)10(6-16)7-18(12)2/h3-5,7H,1-2H3,(H,19,20). The van der Waals surface area contributed by atoms with E-state index in [0.717, 1.165) is 27.8 Å². The zero-order valence-electron chi connectivity index (χ0n) is 11.4. The first-order valence-electron chi connectivity index (χ1n) is 6.21. The Kier molecular flexibility index (Phi) is 3.00. The van der Waals surface area contributed by atoms with E-state index in [9.17, 15) is 10.1 Å². The number of aromatic carboxylic acids is 1. The SMILES string of the molecule is Cc1nc(-c2ccc3c(c2)c(C#N)cn3C)sc1C(=O)O. The molecule has 2 heterocycles. The first kappa shape index (κ1) is 13.3. The van der Waals surface area contributed by atoms with Gasteiger partial charge in [0.05, 0.1) is 11.3 Å². The number of carboxylic acid groups (broad SMARTS) is 1. The minimum absolute atomic E-state index is 0.249. The number of carboxylic acids is 1. The summed E-state index contributed by atoms with van der Waals surface area (Å²) < 4.78 is 1.90. The van der Waals surface area contributed by atoms with E-state index in [-0.39, 0.29) is 4.88 Å². The van der Waals surface area contributed by atoms with E-state index in [2.05, 4.69) is 11.1 Å². The summed E-state index contributed by atoms with van der Waals surface area (Å²) in [6.07, 6.45) is 1.78. The zero-order chi connectivity index (χ0) is 15.1. The summed E-state index contributed by atoms with van der Waals surface area (Å²) in [5.74, 6) is -0.963. The van der Waals surface area contributed by atoms with Crippen molar-refractivity contribution >= 4 is 28.2 Å². The van der Waals surface area contributed by atoms with Crippen molar-refractivity contribution in [2.75, 3.05) is 0 Å². The molecule has 0 aliphatic heterocycles.